The third kappa shape index (κ3) is 6.38. The second kappa shape index (κ2) is 10.0. The quantitative estimate of drug-likeness (QED) is 0.548. The molecule has 1 atom stereocenters. The van der Waals surface area contributed by atoms with Crippen LogP contribution in [0.2, 0.25) is 0 Å². The molecular formula is C19H25BrN4O. The Labute approximate surface area is 158 Å². The summed E-state index contributed by atoms with van der Waals surface area (Å²) in [5, 5.41) is 6.63. The lowest BCUT2D eigenvalue weighted by atomic mass is 10.1. The number of hydrogen-bond donors (Lipinski definition) is 2. The zero-order valence-corrected chi connectivity index (χ0v) is 16.5. The number of rotatable bonds is 7. The summed E-state index contributed by atoms with van der Waals surface area (Å²) in [6.45, 7) is 5.58. The second-order valence-corrected chi connectivity index (χ2v) is 6.65. The maximum atomic E-state index is 5.93. The molecule has 1 aromatic carbocycles. The summed E-state index contributed by atoms with van der Waals surface area (Å²) < 4.78 is 6.89. The van der Waals surface area contributed by atoms with Gasteiger partial charge in [-0.3, -0.25) is 9.98 Å². The maximum absolute atomic E-state index is 5.93. The summed E-state index contributed by atoms with van der Waals surface area (Å²) in [5.74, 6) is 1.61. The van der Waals surface area contributed by atoms with Crippen molar-refractivity contribution in [1.29, 1.82) is 0 Å². The van der Waals surface area contributed by atoms with E-state index in [0.29, 0.717) is 6.54 Å². The molecule has 1 heterocycles. The lowest BCUT2D eigenvalue weighted by Crippen LogP contribution is -2.42. The van der Waals surface area contributed by atoms with Crippen LogP contribution in [0, 0.1) is 6.92 Å². The van der Waals surface area contributed by atoms with E-state index in [1.807, 2.05) is 43.6 Å². The first-order chi connectivity index (χ1) is 12.1. The molecule has 0 aliphatic carbocycles. The molecule has 0 bridgehead atoms. The highest BCUT2D eigenvalue weighted by atomic mass is 79.9. The monoisotopic (exact) mass is 404 g/mol. The molecule has 0 spiro atoms. The fraction of sp³-hybridized carbons (Fsp3) is 0.368. The van der Waals surface area contributed by atoms with Gasteiger partial charge in [-0.1, -0.05) is 12.1 Å². The van der Waals surface area contributed by atoms with Crippen LogP contribution in [0.1, 0.15) is 18.1 Å². The SMILES string of the molecule is CN=C(NCCc1ccncc1C)NCC(C)Oc1ccccc1Br. The van der Waals surface area contributed by atoms with Crippen LogP contribution in [-0.2, 0) is 6.42 Å². The van der Waals surface area contributed by atoms with Crippen LogP contribution in [0.25, 0.3) is 0 Å². The molecule has 0 fully saturated rings. The summed E-state index contributed by atoms with van der Waals surface area (Å²) in [4.78, 5) is 8.38. The van der Waals surface area contributed by atoms with Gasteiger partial charge >= 0.3 is 0 Å². The van der Waals surface area contributed by atoms with Gasteiger partial charge in [0.1, 0.15) is 11.9 Å². The van der Waals surface area contributed by atoms with Crippen LogP contribution in [0.4, 0.5) is 0 Å². The number of aryl methyl sites for hydroxylation is 1. The fourth-order valence-corrected chi connectivity index (χ4v) is 2.74. The third-order valence-electron chi connectivity index (χ3n) is 3.77. The Morgan fingerprint density at radius 3 is 2.80 bits per heavy atom. The number of guanidine groups is 1. The highest BCUT2D eigenvalue weighted by molar-refractivity contribution is 9.10. The first-order valence-electron chi connectivity index (χ1n) is 8.35. The number of nitrogens with one attached hydrogen (secondary N) is 2. The van der Waals surface area contributed by atoms with E-state index in [2.05, 4.69) is 49.5 Å². The van der Waals surface area contributed by atoms with Gasteiger partial charge in [-0.05, 0) is 65.5 Å². The van der Waals surface area contributed by atoms with E-state index in [1.54, 1.807) is 7.05 Å². The van der Waals surface area contributed by atoms with E-state index in [9.17, 15) is 0 Å². The molecule has 0 saturated heterocycles. The topological polar surface area (TPSA) is 58.5 Å². The van der Waals surface area contributed by atoms with Crippen molar-refractivity contribution in [2.75, 3.05) is 20.1 Å². The number of pyridine rings is 1. The molecule has 1 aromatic heterocycles. The lowest BCUT2D eigenvalue weighted by molar-refractivity contribution is 0.222. The van der Waals surface area contributed by atoms with Crippen LogP contribution in [0.3, 0.4) is 0 Å². The van der Waals surface area contributed by atoms with Crippen molar-refractivity contribution in [2.24, 2.45) is 4.99 Å². The number of benzene rings is 1. The maximum Gasteiger partial charge on any atom is 0.191 e. The molecule has 0 radical (unpaired) electrons. The predicted molar refractivity (Wildman–Crippen MR) is 106 cm³/mol. The minimum atomic E-state index is 0.0136. The van der Waals surface area contributed by atoms with E-state index in [0.717, 1.165) is 29.1 Å². The van der Waals surface area contributed by atoms with Crippen molar-refractivity contribution in [2.45, 2.75) is 26.4 Å². The van der Waals surface area contributed by atoms with Crippen molar-refractivity contribution in [3.05, 3.63) is 58.3 Å². The second-order valence-electron chi connectivity index (χ2n) is 5.79. The molecule has 0 amide bonds. The Balaban J connectivity index is 1.74. The minimum Gasteiger partial charge on any atom is -0.488 e. The summed E-state index contributed by atoms with van der Waals surface area (Å²) in [7, 11) is 1.77. The van der Waals surface area contributed by atoms with Crippen molar-refractivity contribution < 1.29 is 4.74 Å². The smallest absolute Gasteiger partial charge is 0.191 e. The number of hydrogen-bond acceptors (Lipinski definition) is 3. The van der Waals surface area contributed by atoms with E-state index in [-0.39, 0.29) is 6.10 Å². The van der Waals surface area contributed by atoms with Gasteiger partial charge in [-0.2, -0.15) is 0 Å². The Bertz CT molecular complexity index is 705. The van der Waals surface area contributed by atoms with Crippen molar-refractivity contribution in [3.8, 4) is 5.75 Å². The van der Waals surface area contributed by atoms with Crippen molar-refractivity contribution in [3.63, 3.8) is 0 Å². The van der Waals surface area contributed by atoms with Crippen LogP contribution in [-0.4, -0.2) is 37.2 Å². The number of para-hydroxylation sites is 1. The van der Waals surface area contributed by atoms with Gasteiger partial charge < -0.3 is 15.4 Å². The first kappa shape index (κ1) is 19.2. The van der Waals surface area contributed by atoms with Gasteiger partial charge in [0.15, 0.2) is 5.96 Å². The molecule has 2 rings (SSSR count). The highest BCUT2D eigenvalue weighted by Crippen LogP contribution is 2.24. The summed E-state index contributed by atoms with van der Waals surface area (Å²) in [6.07, 6.45) is 4.66. The molecule has 134 valence electrons. The zero-order chi connectivity index (χ0) is 18.1. The number of halogens is 1. The number of ether oxygens (including phenoxy) is 1. The Kier molecular flexibility index (Phi) is 7.73. The van der Waals surface area contributed by atoms with Gasteiger partial charge in [-0.25, -0.2) is 0 Å². The average Bonchev–Trinajstić information content (AvgIpc) is 2.61. The zero-order valence-electron chi connectivity index (χ0n) is 14.9. The van der Waals surface area contributed by atoms with Crippen LogP contribution in [0.15, 0.2) is 52.2 Å². The Morgan fingerprint density at radius 1 is 1.28 bits per heavy atom. The Hall–Kier alpha value is -2.08. The fourth-order valence-electron chi connectivity index (χ4n) is 2.36. The normalized spacial score (nSPS) is 12.6. The lowest BCUT2D eigenvalue weighted by Gasteiger charge is -2.18. The molecule has 0 aliphatic rings. The van der Waals surface area contributed by atoms with E-state index in [1.165, 1.54) is 11.1 Å². The summed E-state index contributed by atoms with van der Waals surface area (Å²) in [5.41, 5.74) is 2.51. The van der Waals surface area contributed by atoms with Gasteiger partial charge in [0.2, 0.25) is 0 Å². The van der Waals surface area contributed by atoms with E-state index in [4.69, 9.17) is 4.74 Å². The molecule has 0 saturated carbocycles. The number of nitrogens with zero attached hydrogens (tertiary/aromatic N) is 2. The Morgan fingerprint density at radius 2 is 2.08 bits per heavy atom. The van der Waals surface area contributed by atoms with Gasteiger partial charge in [0.05, 0.1) is 11.0 Å². The van der Waals surface area contributed by atoms with Crippen molar-refractivity contribution >= 4 is 21.9 Å². The summed E-state index contributed by atoms with van der Waals surface area (Å²) >= 11 is 3.49. The summed E-state index contributed by atoms with van der Waals surface area (Å²) in [6, 6.07) is 9.90. The first-order valence-corrected chi connectivity index (χ1v) is 9.14. The molecule has 5 nitrogen and oxygen atoms in total. The van der Waals surface area contributed by atoms with E-state index < -0.39 is 0 Å². The van der Waals surface area contributed by atoms with E-state index >= 15 is 0 Å². The van der Waals surface area contributed by atoms with Gasteiger partial charge in [0, 0.05) is 26.0 Å². The third-order valence-corrected chi connectivity index (χ3v) is 4.42. The molecule has 2 N–H and O–H groups in total. The van der Waals surface area contributed by atoms with Gasteiger partial charge in [-0.15, -0.1) is 0 Å². The van der Waals surface area contributed by atoms with Crippen LogP contribution in [0.5, 0.6) is 5.75 Å². The molecular weight excluding hydrogens is 380 g/mol. The van der Waals surface area contributed by atoms with Crippen molar-refractivity contribution in [1.82, 2.24) is 15.6 Å². The predicted octanol–water partition coefficient (Wildman–Crippen LogP) is 3.33. The van der Waals surface area contributed by atoms with Crippen LogP contribution >= 0.6 is 15.9 Å². The van der Waals surface area contributed by atoms with Gasteiger partial charge in [0.25, 0.3) is 0 Å². The number of aliphatic imine (C=N–C) groups is 1. The molecule has 25 heavy (non-hydrogen) atoms. The average molecular weight is 405 g/mol. The molecule has 1 unspecified atom stereocenters. The van der Waals surface area contributed by atoms with Crippen LogP contribution < -0.4 is 15.4 Å². The minimum absolute atomic E-state index is 0.0136. The molecule has 2 aromatic rings. The molecule has 6 heteroatoms. The molecule has 0 aliphatic heterocycles. The highest BCUT2D eigenvalue weighted by Gasteiger charge is 2.08. The number of aromatic nitrogens is 1. The standard InChI is InChI=1S/C19H25BrN4O/c1-14-12-22-10-8-16(14)9-11-23-19(21-3)24-13-15(2)25-18-7-5-4-6-17(18)20/h4-8,10,12,15H,9,11,13H2,1-3H3,(H2,21,23,24). The largest absolute Gasteiger partial charge is 0.488 e.